The van der Waals surface area contributed by atoms with Crippen LogP contribution in [0.25, 0.3) is 0 Å². The number of hydrogen-bond donors (Lipinski definition) is 1. The van der Waals surface area contributed by atoms with E-state index >= 15 is 0 Å². The predicted octanol–water partition coefficient (Wildman–Crippen LogP) is 0.838. The van der Waals surface area contributed by atoms with E-state index in [1.54, 1.807) is 0 Å². The second kappa shape index (κ2) is 1.99. The Hall–Kier alpha value is -0.0800. The van der Waals surface area contributed by atoms with Gasteiger partial charge < -0.3 is 0 Å². The second-order valence-electron chi connectivity index (χ2n) is 4.61. The fourth-order valence-electron chi connectivity index (χ4n) is 3.71. The topological polar surface area (TPSA) is 29.3 Å². The summed E-state index contributed by atoms with van der Waals surface area (Å²) in [5, 5.41) is 2.04. The summed E-state index contributed by atoms with van der Waals surface area (Å²) in [6.45, 7) is 2.37. The lowest BCUT2D eigenvalue weighted by molar-refractivity contribution is 0.281. The van der Waals surface area contributed by atoms with Gasteiger partial charge in [-0.25, -0.2) is 5.01 Å². The molecule has 2 bridgehead atoms. The Balaban J connectivity index is 1.87. The van der Waals surface area contributed by atoms with E-state index in [2.05, 4.69) is 0 Å². The molecule has 62 valence electrons. The molecular formula is C9H16N2. The number of nitrogens with zero attached hydrogens (tertiary/aromatic N) is 1. The zero-order valence-electron chi connectivity index (χ0n) is 6.87. The van der Waals surface area contributed by atoms with Crippen molar-refractivity contribution in [3.8, 4) is 0 Å². The van der Waals surface area contributed by atoms with Gasteiger partial charge >= 0.3 is 0 Å². The van der Waals surface area contributed by atoms with Crippen LogP contribution in [-0.4, -0.2) is 18.1 Å². The second-order valence-corrected chi connectivity index (χ2v) is 4.61. The Morgan fingerprint density at radius 2 is 1.55 bits per heavy atom. The van der Waals surface area contributed by atoms with E-state index in [-0.39, 0.29) is 0 Å². The normalized spacial score (nSPS) is 55.4. The SMILES string of the molecule is NN1C[C@@H]2[C@@H]3CC[C@@H](C3)[C@@H]2C1. The van der Waals surface area contributed by atoms with Gasteiger partial charge in [0.25, 0.3) is 0 Å². The van der Waals surface area contributed by atoms with Gasteiger partial charge in [-0.1, -0.05) is 0 Å². The van der Waals surface area contributed by atoms with E-state index in [1.165, 1.54) is 32.4 Å². The maximum Gasteiger partial charge on any atom is 0.0162 e. The quantitative estimate of drug-likeness (QED) is 0.521. The van der Waals surface area contributed by atoms with Gasteiger partial charge in [0.05, 0.1) is 0 Å². The molecule has 3 fully saturated rings. The fourth-order valence-corrected chi connectivity index (χ4v) is 3.71. The van der Waals surface area contributed by atoms with E-state index in [4.69, 9.17) is 5.84 Å². The molecule has 2 N–H and O–H groups in total. The van der Waals surface area contributed by atoms with Crippen LogP contribution in [0.3, 0.4) is 0 Å². The summed E-state index contributed by atoms with van der Waals surface area (Å²) in [5.41, 5.74) is 0. The van der Waals surface area contributed by atoms with Gasteiger partial charge in [0.2, 0.25) is 0 Å². The fraction of sp³-hybridized carbons (Fsp3) is 1.00. The van der Waals surface area contributed by atoms with Gasteiger partial charge in [-0.05, 0) is 42.9 Å². The van der Waals surface area contributed by atoms with E-state index in [0.29, 0.717) is 0 Å². The minimum Gasteiger partial charge on any atom is -0.269 e. The molecule has 2 aliphatic carbocycles. The van der Waals surface area contributed by atoms with Crippen LogP contribution < -0.4 is 5.84 Å². The number of fused-ring (bicyclic) bond motifs is 5. The highest BCUT2D eigenvalue weighted by Crippen LogP contribution is 2.54. The van der Waals surface area contributed by atoms with Crippen molar-refractivity contribution in [1.29, 1.82) is 0 Å². The van der Waals surface area contributed by atoms with Crippen LogP contribution in [0.15, 0.2) is 0 Å². The number of hydrazine groups is 1. The molecule has 1 saturated heterocycles. The lowest BCUT2D eigenvalue weighted by atomic mass is 9.82. The van der Waals surface area contributed by atoms with Crippen LogP contribution in [0, 0.1) is 23.7 Å². The molecule has 0 aromatic carbocycles. The molecule has 0 radical (unpaired) electrons. The van der Waals surface area contributed by atoms with Crippen molar-refractivity contribution in [3.05, 3.63) is 0 Å². The molecule has 1 aliphatic heterocycles. The molecular weight excluding hydrogens is 136 g/mol. The van der Waals surface area contributed by atoms with Crippen molar-refractivity contribution >= 4 is 0 Å². The van der Waals surface area contributed by atoms with E-state index < -0.39 is 0 Å². The number of nitrogens with two attached hydrogens (primary N) is 1. The zero-order chi connectivity index (χ0) is 7.42. The van der Waals surface area contributed by atoms with Crippen LogP contribution in [-0.2, 0) is 0 Å². The van der Waals surface area contributed by atoms with Crippen molar-refractivity contribution in [1.82, 2.24) is 5.01 Å². The molecule has 2 saturated carbocycles. The molecule has 2 heteroatoms. The lowest BCUT2D eigenvalue weighted by Crippen LogP contribution is -2.29. The summed E-state index contributed by atoms with van der Waals surface area (Å²) in [4.78, 5) is 0. The van der Waals surface area contributed by atoms with Gasteiger partial charge in [0, 0.05) is 13.1 Å². The first-order valence-corrected chi connectivity index (χ1v) is 4.84. The summed E-state index contributed by atoms with van der Waals surface area (Å²) in [7, 11) is 0. The molecule has 4 atom stereocenters. The van der Waals surface area contributed by atoms with E-state index in [9.17, 15) is 0 Å². The van der Waals surface area contributed by atoms with Gasteiger partial charge in [-0.3, -0.25) is 5.84 Å². The van der Waals surface area contributed by atoms with E-state index in [1.807, 2.05) is 5.01 Å². The highest BCUT2D eigenvalue weighted by atomic mass is 15.4. The first-order valence-electron chi connectivity index (χ1n) is 4.84. The third-order valence-corrected chi connectivity index (χ3v) is 4.17. The molecule has 0 amide bonds. The summed E-state index contributed by atoms with van der Waals surface area (Å²) >= 11 is 0. The Bertz CT molecular complexity index is 162. The molecule has 1 heterocycles. The molecule has 3 rings (SSSR count). The molecule has 0 unspecified atom stereocenters. The van der Waals surface area contributed by atoms with Crippen molar-refractivity contribution in [2.75, 3.05) is 13.1 Å². The highest BCUT2D eigenvalue weighted by Gasteiger charge is 2.50. The van der Waals surface area contributed by atoms with Crippen LogP contribution in [0.5, 0.6) is 0 Å². The first kappa shape index (κ1) is 6.44. The standard InChI is InChI=1S/C9H16N2/c10-11-4-8-6-1-2-7(3-6)9(8)5-11/h6-9H,1-5,10H2/t6-,7+,8-,9+. The third-order valence-electron chi connectivity index (χ3n) is 4.17. The minimum absolute atomic E-state index is 0.985. The average Bonchev–Trinajstić information content (AvgIpc) is 2.53. The molecule has 0 spiro atoms. The van der Waals surface area contributed by atoms with Crippen LogP contribution in [0.2, 0.25) is 0 Å². The van der Waals surface area contributed by atoms with Crippen LogP contribution in [0.4, 0.5) is 0 Å². The lowest BCUT2D eigenvalue weighted by Gasteiger charge is -2.22. The van der Waals surface area contributed by atoms with Gasteiger partial charge in [0.15, 0.2) is 0 Å². The Morgan fingerprint density at radius 1 is 1.00 bits per heavy atom. The van der Waals surface area contributed by atoms with Crippen molar-refractivity contribution in [3.63, 3.8) is 0 Å². The summed E-state index contributed by atoms with van der Waals surface area (Å²) in [6.07, 6.45) is 4.53. The predicted molar refractivity (Wildman–Crippen MR) is 43.6 cm³/mol. The average molecular weight is 152 g/mol. The maximum absolute atomic E-state index is 5.81. The smallest absolute Gasteiger partial charge is 0.0162 e. The number of rotatable bonds is 0. The summed E-state index contributed by atoms with van der Waals surface area (Å²) in [6, 6.07) is 0. The van der Waals surface area contributed by atoms with Crippen molar-refractivity contribution < 1.29 is 0 Å². The van der Waals surface area contributed by atoms with Crippen molar-refractivity contribution in [2.24, 2.45) is 29.5 Å². The van der Waals surface area contributed by atoms with Gasteiger partial charge in [-0.2, -0.15) is 0 Å². The highest BCUT2D eigenvalue weighted by molar-refractivity contribution is 5.01. The monoisotopic (exact) mass is 152 g/mol. The zero-order valence-corrected chi connectivity index (χ0v) is 6.87. The first-order chi connectivity index (χ1) is 5.34. The van der Waals surface area contributed by atoms with Crippen molar-refractivity contribution in [2.45, 2.75) is 19.3 Å². The molecule has 0 aromatic heterocycles. The van der Waals surface area contributed by atoms with E-state index in [0.717, 1.165) is 23.7 Å². The molecule has 0 aromatic rings. The van der Waals surface area contributed by atoms with Gasteiger partial charge in [-0.15, -0.1) is 0 Å². The van der Waals surface area contributed by atoms with Crippen LogP contribution >= 0.6 is 0 Å². The van der Waals surface area contributed by atoms with Gasteiger partial charge in [0.1, 0.15) is 0 Å². The maximum atomic E-state index is 5.81. The molecule has 2 nitrogen and oxygen atoms in total. The minimum atomic E-state index is 0.985. The summed E-state index contributed by atoms with van der Waals surface area (Å²) in [5.74, 6) is 9.89. The Labute approximate surface area is 67.7 Å². The largest absolute Gasteiger partial charge is 0.269 e. The Morgan fingerprint density at radius 3 is 2.09 bits per heavy atom. The molecule has 3 aliphatic rings. The third kappa shape index (κ3) is 0.744. The molecule has 11 heavy (non-hydrogen) atoms. The van der Waals surface area contributed by atoms with Crippen LogP contribution in [0.1, 0.15) is 19.3 Å². The Kier molecular flexibility index (Phi) is 1.16. The summed E-state index contributed by atoms with van der Waals surface area (Å²) < 4.78 is 0. The number of hydrogen-bond acceptors (Lipinski definition) is 2.